The first-order valence-electron chi connectivity index (χ1n) is 4.16. The summed E-state index contributed by atoms with van der Waals surface area (Å²) in [5.41, 5.74) is 7.06. The average molecular weight is 187 g/mol. The van der Waals surface area contributed by atoms with Crippen LogP contribution in [0.3, 0.4) is 0 Å². The average Bonchev–Trinajstić information content (AvgIpc) is 2.20. The van der Waals surface area contributed by atoms with E-state index in [2.05, 4.69) is 10.3 Å². The molecule has 2 aromatic rings. The lowest BCUT2D eigenvalue weighted by atomic mass is 10.2. The van der Waals surface area contributed by atoms with Gasteiger partial charge in [0.2, 0.25) is 6.41 Å². The number of pyridine rings is 1. The molecule has 1 aromatic carbocycles. The van der Waals surface area contributed by atoms with Crippen LogP contribution in [0.15, 0.2) is 30.3 Å². The third-order valence-corrected chi connectivity index (χ3v) is 1.96. The minimum atomic E-state index is 0.505. The molecule has 0 radical (unpaired) electrons. The Kier molecular flexibility index (Phi) is 2.02. The highest BCUT2D eigenvalue weighted by atomic mass is 16.1. The second-order valence-corrected chi connectivity index (χ2v) is 2.88. The lowest BCUT2D eigenvalue weighted by Crippen LogP contribution is -1.97. The summed E-state index contributed by atoms with van der Waals surface area (Å²) in [6, 6.07) is 9.16. The number of hydrogen-bond acceptors (Lipinski definition) is 3. The van der Waals surface area contributed by atoms with Crippen LogP contribution < -0.4 is 11.1 Å². The fourth-order valence-electron chi connectivity index (χ4n) is 1.31. The highest BCUT2D eigenvalue weighted by molar-refractivity contribution is 5.90. The van der Waals surface area contributed by atoms with Gasteiger partial charge in [0, 0.05) is 5.39 Å². The number of aromatic nitrogens is 1. The van der Waals surface area contributed by atoms with Gasteiger partial charge in [-0.15, -0.1) is 0 Å². The van der Waals surface area contributed by atoms with Crippen molar-refractivity contribution in [1.29, 1.82) is 0 Å². The summed E-state index contributed by atoms with van der Waals surface area (Å²) in [6.45, 7) is 0. The van der Waals surface area contributed by atoms with Crippen molar-refractivity contribution >= 4 is 28.8 Å². The second-order valence-electron chi connectivity index (χ2n) is 2.88. The fraction of sp³-hybridized carbons (Fsp3) is 0. The molecule has 70 valence electrons. The highest BCUT2D eigenvalue weighted by Crippen LogP contribution is 2.20. The Morgan fingerprint density at radius 3 is 2.93 bits per heavy atom. The molecular weight excluding hydrogens is 178 g/mol. The van der Waals surface area contributed by atoms with Gasteiger partial charge in [0.1, 0.15) is 5.82 Å². The van der Waals surface area contributed by atoms with E-state index in [9.17, 15) is 4.79 Å². The first kappa shape index (κ1) is 8.50. The summed E-state index contributed by atoms with van der Waals surface area (Å²) in [6.07, 6.45) is 0.591. The Morgan fingerprint density at radius 1 is 1.29 bits per heavy atom. The van der Waals surface area contributed by atoms with Gasteiger partial charge in [0.05, 0.1) is 11.2 Å². The summed E-state index contributed by atoms with van der Waals surface area (Å²) < 4.78 is 0. The van der Waals surface area contributed by atoms with Gasteiger partial charge >= 0.3 is 0 Å². The zero-order valence-corrected chi connectivity index (χ0v) is 7.40. The van der Waals surface area contributed by atoms with Gasteiger partial charge in [-0.25, -0.2) is 4.98 Å². The number of anilines is 2. The smallest absolute Gasteiger partial charge is 0.212 e. The molecule has 0 aliphatic carbocycles. The molecule has 0 fully saturated rings. The van der Waals surface area contributed by atoms with Gasteiger partial charge in [-0.2, -0.15) is 0 Å². The Morgan fingerprint density at radius 2 is 2.14 bits per heavy atom. The van der Waals surface area contributed by atoms with Crippen molar-refractivity contribution in [3.63, 3.8) is 0 Å². The van der Waals surface area contributed by atoms with E-state index >= 15 is 0 Å². The van der Waals surface area contributed by atoms with E-state index in [-0.39, 0.29) is 0 Å². The number of carbonyl (C=O) groups excluding carboxylic acids is 1. The molecule has 4 heteroatoms. The number of nitrogens with one attached hydrogen (secondary N) is 1. The maximum atomic E-state index is 10.2. The van der Waals surface area contributed by atoms with Crippen LogP contribution in [0.25, 0.3) is 10.9 Å². The van der Waals surface area contributed by atoms with Gasteiger partial charge in [-0.05, 0) is 18.2 Å². The predicted molar refractivity (Wildman–Crippen MR) is 55.8 cm³/mol. The predicted octanol–water partition coefficient (Wildman–Crippen LogP) is 1.39. The van der Waals surface area contributed by atoms with Gasteiger partial charge in [0.15, 0.2) is 0 Å². The van der Waals surface area contributed by atoms with Gasteiger partial charge < -0.3 is 11.1 Å². The maximum Gasteiger partial charge on any atom is 0.212 e. The zero-order valence-electron chi connectivity index (χ0n) is 7.40. The van der Waals surface area contributed by atoms with E-state index in [1.165, 1.54) is 0 Å². The van der Waals surface area contributed by atoms with E-state index in [0.717, 1.165) is 5.39 Å². The lowest BCUT2D eigenvalue weighted by Gasteiger charge is -2.02. The number of carbonyl (C=O) groups is 1. The molecular formula is C10H9N3O. The first-order chi connectivity index (χ1) is 6.81. The quantitative estimate of drug-likeness (QED) is 0.551. The van der Waals surface area contributed by atoms with E-state index in [0.29, 0.717) is 23.4 Å². The number of rotatable bonds is 2. The minimum Gasteiger partial charge on any atom is -0.397 e. The monoisotopic (exact) mass is 187 g/mol. The number of hydrogen-bond donors (Lipinski definition) is 2. The standard InChI is InChI=1S/C10H9N3O/c11-8-3-1-2-7-4-5-9(12-6-14)13-10(7)8/h1-6H,11H2,(H,12,13,14). The summed E-state index contributed by atoms with van der Waals surface area (Å²) in [4.78, 5) is 14.4. The van der Waals surface area contributed by atoms with Crippen LogP contribution in [0.5, 0.6) is 0 Å². The Balaban J connectivity index is 2.63. The summed E-state index contributed by atoms with van der Waals surface area (Å²) in [5, 5.41) is 3.44. The SMILES string of the molecule is Nc1cccc2ccc(NC=O)nc12. The maximum absolute atomic E-state index is 10.2. The van der Waals surface area contributed by atoms with Crippen molar-refractivity contribution in [2.24, 2.45) is 0 Å². The van der Waals surface area contributed by atoms with Crippen molar-refractivity contribution in [1.82, 2.24) is 4.98 Å². The topological polar surface area (TPSA) is 68.0 Å². The molecule has 1 amide bonds. The molecule has 0 aliphatic heterocycles. The molecule has 3 N–H and O–H groups in total. The molecule has 4 nitrogen and oxygen atoms in total. The third-order valence-electron chi connectivity index (χ3n) is 1.96. The summed E-state index contributed by atoms with van der Waals surface area (Å²) >= 11 is 0. The Bertz CT molecular complexity index is 482. The molecule has 0 saturated heterocycles. The van der Waals surface area contributed by atoms with E-state index in [4.69, 9.17) is 5.73 Å². The van der Waals surface area contributed by atoms with Gasteiger partial charge in [-0.1, -0.05) is 12.1 Å². The lowest BCUT2D eigenvalue weighted by molar-refractivity contribution is -0.105. The third kappa shape index (κ3) is 1.37. The number of amides is 1. The number of nitrogen functional groups attached to an aromatic ring is 1. The molecule has 0 unspecified atom stereocenters. The van der Waals surface area contributed by atoms with E-state index in [1.807, 2.05) is 18.2 Å². The molecule has 1 heterocycles. The summed E-state index contributed by atoms with van der Waals surface area (Å²) in [5.74, 6) is 0.505. The Labute approximate surface area is 80.7 Å². The largest absolute Gasteiger partial charge is 0.397 e. The number of nitrogens with zero attached hydrogens (tertiary/aromatic N) is 1. The van der Waals surface area contributed by atoms with Crippen LogP contribution in [-0.2, 0) is 4.79 Å². The van der Waals surface area contributed by atoms with Crippen LogP contribution in [-0.4, -0.2) is 11.4 Å². The van der Waals surface area contributed by atoms with Crippen LogP contribution in [0, 0.1) is 0 Å². The van der Waals surface area contributed by atoms with Crippen molar-refractivity contribution < 1.29 is 4.79 Å². The number of nitrogens with two attached hydrogens (primary N) is 1. The van der Waals surface area contributed by atoms with Crippen molar-refractivity contribution in [3.8, 4) is 0 Å². The molecule has 2 rings (SSSR count). The number of para-hydroxylation sites is 1. The van der Waals surface area contributed by atoms with E-state index in [1.54, 1.807) is 12.1 Å². The number of fused-ring (bicyclic) bond motifs is 1. The highest BCUT2D eigenvalue weighted by Gasteiger charge is 1.99. The van der Waals surface area contributed by atoms with Crippen LogP contribution in [0.2, 0.25) is 0 Å². The van der Waals surface area contributed by atoms with Crippen LogP contribution in [0.1, 0.15) is 0 Å². The second kappa shape index (κ2) is 3.33. The molecule has 14 heavy (non-hydrogen) atoms. The minimum absolute atomic E-state index is 0.505. The zero-order chi connectivity index (χ0) is 9.97. The molecule has 0 atom stereocenters. The number of benzene rings is 1. The van der Waals surface area contributed by atoms with Gasteiger partial charge in [0.25, 0.3) is 0 Å². The van der Waals surface area contributed by atoms with Crippen molar-refractivity contribution in [2.75, 3.05) is 11.1 Å². The van der Waals surface area contributed by atoms with Gasteiger partial charge in [-0.3, -0.25) is 4.79 Å². The molecule has 0 saturated carbocycles. The Hall–Kier alpha value is -2.10. The van der Waals surface area contributed by atoms with Crippen LogP contribution in [0.4, 0.5) is 11.5 Å². The van der Waals surface area contributed by atoms with Crippen molar-refractivity contribution in [3.05, 3.63) is 30.3 Å². The van der Waals surface area contributed by atoms with E-state index < -0.39 is 0 Å². The fourth-order valence-corrected chi connectivity index (χ4v) is 1.31. The molecule has 1 aromatic heterocycles. The summed E-state index contributed by atoms with van der Waals surface area (Å²) in [7, 11) is 0. The van der Waals surface area contributed by atoms with Crippen molar-refractivity contribution in [2.45, 2.75) is 0 Å². The first-order valence-corrected chi connectivity index (χ1v) is 4.16. The van der Waals surface area contributed by atoms with Crippen LogP contribution >= 0.6 is 0 Å². The molecule has 0 aliphatic rings. The normalized spacial score (nSPS) is 10.0. The molecule has 0 bridgehead atoms. The molecule has 0 spiro atoms.